The van der Waals surface area contributed by atoms with Crippen molar-refractivity contribution in [3.05, 3.63) is 29.3 Å². The van der Waals surface area contributed by atoms with E-state index in [4.69, 9.17) is 0 Å². The van der Waals surface area contributed by atoms with Gasteiger partial charge in [0.1, 0.15) is 17.3 Å². The Morgan fingerprint density at radius 2 is 1.81 bits per heavy atom. The highest BCUT2D eigenvalue weighted by Gasteiger charge is 2.21. The number of nitrogens with zero attached hydrogens (tertiary/aromatic N) is 1. The molecule has 0 spiro atoms. The van der Waals surface area contributed by atoms with Crippen LogP contribution in [0.15, 0.2) is 12.1 Å². The number of rotatable bonds is 7. The van der Waals surface area contributed by atoms with E-state index >= 15 is 0 Å². The number of halogens is 2. The van der Waals surface area contributed by atoms with Gasteiger partial charge in [0.05, 0.1) is 0 Å². The first-order chi connectivity index (χ1) is 9.96. The predicted octanol–water partition coefficient (Wildman–Crippen LogP) is 4.05. The van der Waals surface area contributed by atoms with Gasteiger partial charge in [-0.1, -0.05) is 13.8 Å². The van der Waals surface area contributed by atoms with Gasteiger partial charge in [-0.05, 0) is 38.8 Å². The van der Waals surface area contributed by atoms with Gasteiger partial charge in [0.25, 0.3) is 5.91 Å². The number of anilines is 1. The zero-order chi connectivity index (χ0) is 16.0. The molecule has 1 N–H and O–H groups in total. The average Bonchev–Trinajstić information content (AvgIpc) is 2.46. The topological polar surface area (TPSA) is 32.3 Å². The maximum absolute atomic E-state index is 14.0. The zero-order valence-corrected chi connectivity index (χ0v) is 13.2. The van der Waals surface area contributed by atoms with Crippen LogP contribution in [0.5, 0.6) is 0 Å². The van der Waals surface area contributed by atoms with Crippen molar-refractivity contribution in [1.29, 1.82) is 0 Å². The molecule has 0 fully saturated rings. The fourth-order valence-corrected chi connectivity index (χ4v) is 2.16. The van der Waals surface area contributed by atoms with Crippen LogP contribution >= 0.6 is 0 Å². The monoisotopic (exact) mass is 298 g/mol. The van der Waals surface area contributed by atoms with Crippen molar-refractivity contribution in [3.63, 3.8) is 0 Å². The standard InChI is InChI=1S/C16H24F2N2O/c1-5-8-19-15-13(17)9-12(10-14(15)18)16(21)20(7-3)11(4)6-2/h9-11,19H,5-8H2,1-4H3. The van der Waals surface area contributed by atoms with Gasteiger partial charge >= 0.3 is 0 Å². The van der Waals surface area contributed by atoms with Crippen LogP contribution in [-0.2, 0) is 0 Å². The van der Waals surface area contributed by atoms with Gasteiger partial charge in [-0.25, -0.2) is 8.78 Å². The van der Waals surface area contributed by atoms with Gasteiger partial charge in [-0.2, -0.15) is 0 Å². The summed E-state index contributed by atoms with van der Waals surface area (Å²) in [5.74, 6) is -1.80. The molecule has 5 heteroatoms. The maximum Gasteiger partial charge on any atom is 0.254 e. The molecule has 1 atom stereocenters. The first kappa shape index (κ1) is 17.4. The molecule has 0 aliphatic rings. The molecular weight excluding hydrogens is 274 g/mol. The lowest BCUT2D eigenvalue weighted by molar-refractivity contribution is 0.0699. The number of carbonyl (C=O) groups excluding carboxylic acids is 1. The molecular formula is C16H24F2N2O. The quantitative estimate of drug-likeness (QED) is 0.823. The molecule has 0 saturated heterocycles. The largest absolute Gasteiger partial charge is 0.380 e. The molecule has 1 unspecified atom stereocenters. The van der Waals surface area contributed by atoms with Gasteiger partial charge in [0, 0.05) is 24.7 Å². The van der Waals surface area contributed by atoms with E-state index in [-0.39, 0.29) is 23.2 Å². The van der Waals surface area contributed by atoms with Crippen molar-refractivity contribution in [2.45, 2.75) is 46.6 Å². The first-order valence-electron chi connectivity index (χ1n) is 7.50. The minimum Gasteiger partial charge on any atom is -0.380 e. The Kier molecular flexibility index (Phi) is 6.59. The Bertz CT molecular complexity index is 468. The van der Waals surface area contributed by atoms with Crippen molar-refractivity contribution in [2.75, 3.05) is 18.4 Å². The van der Waals surface area contributed by atoms with Gasteiger partial charge < -0.3 is 10.2 Å². The highest BCUT2D eigenvalue weighted by Crippen LogP contribution is 2.22. The fraction of sp³-hybridized carbons (Fsp3) is 0.562. The number of hydrogen-bond donors (Lipinski definition) is 1. The lowest BCUT2D eigenvalue weighted by atomic mass is 10.1. The van der Waals surface area contributed by atoms with E-state index in [1.807, 2.05) is 27.7 Å². The lowest BCUT2D eigenvalue weighted by Crippen LogP contribution is -2.38. The second-order valence-electron chi connectivity index (χ2n) is 5.09. The summed E-state index contributed by atoms with van der Waals surface area (Å²) in [7, 11) is 0. The van der Waals surface area contributed by atoms with Crippen LogP contribution in [0.4, 0.5) is 14.5 Å². The molecule has 0 heterocycles. The van der Waals surface area contributed by atoms with Gasteiger partial charge in [-0.15, -0.1) is 0 Å². The van der Waals surface area contributed by atoms with Gasteiger partial charge in [0.15, 0.2) is 0 Å². The first-order valence-corrected chi connectivity index (χ1v) is 7.50. The summed E-state index contributed by atoms with van der Waals surface area (Å²) in [6.45, 7) is 8.65. The smallest absolute Gasteiger partial charge is 0.254 e. The van der Waals surface area contributed by atoms with Gasteiger partial charge in [-0.3, -0.25) is 4.79 Å². The van der Waals surface area contributed by atoms with Crippen LogP contribution in [0, 0.1) is 11.6 Å². The van der Waals surface area contributed by atoms with E-state index in [2.05, 4.69) is 5.32 Å². The van der Waals surface area contributed by atoms with Crippen molar-refractivity contribution in [1.82, 2.24) is 4.90 Å². The molecule has 1 rings (SSSR count). The second kappa shape index (κ2) is 7.96. The minimum atomic E-state index is -0.730. The van der Waals surface area contributed by atoms with Gasteiger partial charge in [0.2, 0.25) is 0 Å². The van der Waals surface area contributed by atoms with Crippen LogP contribution in [-0.4, -0.2) is 29.9 Å². The van der Waals surface area contributed by atoms with E-state index in [0.717, 1.165) is 25.0 Å². The minimum absolute atomic E-state index is 0.0338. The van der Waals surface area contributed by atoms with Crippen LogP contribution in [0.3, 0.4) is 0 Å². The molecule has 0 aliphatic heterocycles. The highest BCUT2D eigenvalue weighted by atomic mass is 19.1. The van der Waals surface area contributed by atoms with Crippen molar-refractivity contribution >= 4 is 11.6 Å². The van der Waals surface area contributed by atoms with E-state index < -0.39 is 11.6 Å². The third-order valence-electron chi connectivity index (χ3n) is 3.57. The number of nitrogens with one attached hydrogen (secondary N) is 1. The Morgan fingerprint density at radius 1 is 1.24 bits per heavy atom. The van der Waals surface area contributed by atoms with E-state index in [1.54, 1.807) is 4.90 Å². The lowest BCUT2D eigenvalue weighted by Gasteiger charge is -2.27. The van der Waals surface area contributed by atoms with E-state index in [9.17, 15) is 13.6 Å². The highest BCUT2D eigenvalue weighted by molar-refractivity contribution is 5.94. The molecule has 0 saturated carbocycles. The van der Waals surface area contributed by atoms with Crippen LogP contribution < -0.4 is 5.32 Å². The molecule has 1 amide bonds. The van der Waals surface area contributed by atoms with Crippen molar-refractivity contribution in [3.8, 4) is 0 Å². The molecule has 0 bridgehead atoms. The average molecular weight is 298 g/mol. The number of hydrogen-bond acceptors (Lipinski definition) is 2. The maximum atomic E-state index is 14.0. The molecule has 0 radical (unpaired) electrons. The molecule has 3 nitrogen and oxygen atoms in total. The van der Waals surface area contributed by atoms with Crippen LogP contribution in [0.25, 0.3) is 0 Å². The molecule has 118 valence electrons. The zero-order valence-electron chi connectivity index (χ0n) is 13.2. The Balaban J connectivity index is 3.06. The Morgan fingerprint density at radius 3 is 2.24 bits per heavy atom. The van der Waals surface area contributed by atoms with E-state index in [1.165, 1.54) is 0 Å². The Labute approximate surface area is 125 Å². The van der Waals surface area contributed by atoms with Crippen LogP contribution in [0.1, 0.15) is 50.9 Å². The SMILES string of the molecule is CCCNc1c(F)cc(C(=O)N(CC)C(C)CC)cc1F. The normalized spacial score (nSPS) is 12.1. The summed E-state index contributed by atoms with van der Waals surface area (Å²) in [6.07, 6.45) is 1.55. The van der Waals surface area contributed by atoms with Crippen LogP contribution in [0.2, 0.25) is 0 Å². The molecule has 21 heavy (non-hydrogen) atoms. The third-order valence-corrected chi connectivity index (χ3v) is 3.57. The van der Waals surface area contributed by atoms with Crippen molar-refractivity contribution in [2.24, 2.45) is 0 Å². The summed E-state index contributed by atoms with van der Waals surface area (Å²) in [6, 6.07) is 2.25. The molecule has 1 aromatic carbocycles. The molecule has 0 aromatic heterocycles. The summed E-state index contributed by atoms with van der Waals surface area (Å²) >= 11 is 0. The number of amides is 1. The van der Waals surface area contributed by atoms with Crippen molar-refractivity contribution < 1.29 is 13.6 Å². The molecule has 1 aromatic rings. The fourth-order valence-electron chi connectivity index (χ4n) is 2.16. The summed E-state index contributed by atoms with van der Waals surface area (Å²) in [4.78, 5) is 14.0. The third kappa shape index (κ3) is 4.16. The second-order valence-corrected chi connectivity index (χ2v) is 5.09. The van der Waals surface area contributed by atoms with E-state index in [0.29, 0.717) is 13.1 Å². The molecule has 0 aliphatic carbocycles. The summed E-state index contributed by atoms with van der Waals surface area (Å²) in [5, 5.41) is 2.70. The number of carbonyl (C=O) groups is 1. The summed E-state index contributed by atoms with van der Waals surface area (Å²) < 4.78 is 27.9. The predicted molar refractivity (Wildman–Crippen MR) is 81.6 cm³/mol. The summed E-state index contributed by atoms with van der Waals surface area (Å²) in [5.41, 5.74) is -0.116. The Hall–Kier alpha value is -1.65. The number of benzene rings is 1.